The molecule has 6 N–H and O–H groups in total. The quantitative estimate of drug-likeness (QED) is 0.472. The van der Waals surface area contributed by atoms with E-state index in [4.69, 9.17) is 20.9 Å². The number of hydrogen-bond donors (Lipinski definition) is 4. The number of halogens is 1. The highest BCUT2D eigenvalue weighted by Crippen LogP contribution is 2.28. The lowest BCUT2D eigenvalue weighted by atomic mass is 10.1. The lowest BCUT2D eigenvalue weighted by Gasteiger charge is -2.23. The number of methoxy groups -OCH3 is 2. The largest absolute Gasteiger partial charge is 0.481 e. The summed E-state index contributed by atoms with van der Waals surface area (Å²) in [5.41, 5.74) is 11.8. The second-order valence-electron chi connectivity index (χ2n) is 6.54. The summed E-state index contributed by atoms with van der Waals surface area (Å²) in [5.74, 6) is -0.898. The van der Waals surface area contributed by atoms with Crippen LogP contribution < -0.4 is 31.6 Å². The summed E-state index contributed by atoms with van der Waals surface area (Å²) in [4.78, 5) is 20.2. The second-order valence-corrected chi connectivity index (χ2v) is 6.54. The van der Waals surface area contributed by atoms with Crippen molar-refractivity contribution in [3.63, 3.8) is 0 Å². The van der Waals surface area contributed by atoms with Crippen LogP contribution in [0.15, 0.2) is 18.2 Å². The van der Waals surface area contributed by atoms with Gasteiger partial charge in [0.25, 0.3) is 5.91 Å². The van der Waals surface area contributed by atoms with Gasteiger partial charge < -0.3 is 31.6 Å². The predicted molar refractivity (Wildman–Crippen MR) is 109 cm³/mol. The number of anilines is 3. The van der Waals surface area contributed by atoms with Crippen LogP contribution >= 0.6 is 0 Å². The van der Waals surface area contributed by atoms with Gasteiger partial charge in [-0.05, 0) is 19.4 Å². The van der Waals surface area contributed by atoms with Gasteiger partial charge in [-0.3, -0.25) is 4.79 Å². The molecule has 0 spiro atoms. The molecule has 0 saturated carbocycles. The molecule has 0 aliphatic heterocycles. The molecule has 0 unspecified atom stereocenters. The molecule has 1 amide bonds. The van der Waals surface area contributed by atoms with E-state index < -0.39 is 11.7 Å². The molecule has 29 heavy (non-hydrogen) atoms. The van der Waals surface area contributed by atoms with E-state index in [0.29, 0.717) is 5.69 Å². The summed E-state index contributed by atoms with van der Waals surface area (Å²) in [6.07, 6.45) is 1.60. The second kappa shape index (κ2) is 9.87. The highest BCUT2D eigenvalue weighted by Gasteiger charge is 2.20. The van der Waals surface area contributed by atoms with Crippen LogP contribution in [0.25, 0.3) is 0 Å². The Bertz CT molecular complexity index is 840. The van der Waals surface area contributed by atoms with Crippen LogP contribution in [0.2, 0.25) is 0 Å². The van der Waals surface area contributed by atoms with Crippen molar-refractivity contribution in [2.75, 3.05) is 24.9 Å². The van der Waals surface area contributed by atoms with E-state index in [-0.39, 0.29) is 41.0 Å². The van der Waals surface area contributed by atoms with Crippen molar-refractivity contribution < 1.29 is 18.7 Å². The molecule has 2 aromatic rings. The number of hydrogen-bond acceptors (Lipinski definition) is 8. The van der Waals surface area contributed by atoms with Crippen LogP contribution in [-0.4, -0.2) is 42.2 Å². The maximum atomic E-state index is 14.6. The zero-order valence-corrected chi connectivity index (χ0v) is 17.0. The molecule has 10 heteroatoms. The zero-order valence-electron chi connectivity index (χ0n) is 17.0. The van der Waals surface area contributed by atoms with Crippen molar-refractivity contribution in [3.05, 3.63) is 29.6 Å². The van der Waals surface area contributed by atoms with Crippen molar-refractivity contribution >= 4 is 23.2 Å². The van der Waals surface area contributed by atoms with Gasteiger partial charge in [0, 0.05) is 24.2 Å². The molecular formula is C19H27FN6O3. The number of ether oxygens (including phenoxy) is 2. The minimum Gasteiger partial charge on any atom is -0.481 e. The van der Waals surface area contributed by atoms with Gasteiger partial charge in [-0.1, -0.05) is 13.3 Å². The number of rotatable bonds is 10. The van der Waals surface area contributed by atoms with Gasteiger partial charge in [-0.25, -0.2) is 9.37 Å². The number of primary amides is 1. The maximum Gasteiger partial charge on any atom is 0.252 e. The van der Waals surface area contributed by atoms with E-state index in [1.807, 2.05) is 13.8 Å². The Morgan fingerprint density at radius 2 is 1.79 bits per heavy atom. The normalized spacial score (nSPS) is 12.8. The van der Waals surface area contributed by atoms with Gasteiger partial charge >= 0.3 is 0 Å². The molecule has 158 valence electrons. The van der Waals surface area contributed by atoms with Gasteiger partial charge in [0.2, 0.25) is 11.8 Å². The standard InChI is InChI=1S/C19H27FN6O3/c1-5-6-14(10(2)21)24-19-13(20)9-12(17(22)27)18(26-19)23-11-7-15(28-3)25-16(8-11)29-4/h7-10,14H,5-6,21H2,1-4H3,(H2,22,27)(H2,23,24,25,26)/t10-,14+/m0/s1. The van der Waals surface area contributed by atoms with Crippen LogP contribution in [-0.2, 0) is 0 Å². The summed E-state index contributed by atoms with van der Waals surface area (Å²) in [6.45, 7) is 3.84. The number of carbonyl (C=O) groups is 1. The molecule has 0 aliphatic rings. The summed E-state index contributed by atoms with van der Waals surface area (Å²) in [5, 5.41) is 5.98. The Labute approximate surface area is 169 Å². The van der Waals surface area contributed by atoms with Crippen molar-refractivity contribution in [3.8, 4) is 11.8 Å². The molecule has 2 atom stereocenters. The fourth-order valence-electron chi connectivity index (χ4n) is 2.73. The Kier molecular flexibility index (Phi) is 7.54. The minimum atomic E-state index is -0.823. The zero-order chi connectivity index (χ0) is 21.6. The summed E-state index contributed by atoms with van der Waals surface area (Å²) in [6, 6.07) is 3.79. The van der Waals surface area contributed by atoms with Crippen molar-refractivity contribution in [1.29, 1.82) is 0 Å². The Morgan fingerprint density at radius 3 is 2.28 bits per heavy atom. The van der Waals surface area contributed by atoms with Gasteiger partial charge in [-0.15, -0.1) is 0 Å². The van der Waals surface area contributed by atoms with Gasteiger partial charge in [0.05, 0.1) is 25.5 Å². The highest BCUT2D eigenvalue weighted by molar-refractivity contribution is 5.98. The molecule has 0 radical (unpaired) electrons. The molecule has 0 aliphatic carbocycles. The molecular weight excluding hydrogens is 379 g/mol. The van der Waals surface area contributed by atoms with Crippen LogP contribution in [0.4, 0.5) is 21.7 Å². The number of nitrogens with one attached hydrogen (secondary N) is 2. The van der Waals surface area contributed by atoms with Gasteiger partial charge in [0.15, 0.2) is 11.6 Å². The third-order valence-electron chi connectivity index (χ3n) is 4.26. The molecule has 0 saturated heterocycles. The molecule has 2 rings (SSSR count). The number of carbonyl (C=O) groups excluding carboxylic acids is 1. The predicted octanol–water partition coefficient (Wildman–Crippen LogP) is 2.40. The summed E-state index contributed by atoms with van der Waals surface area (Å²) < 4.78 is 24.8. The van der Waals surface area contributed by atoms with Crippen LogP contribution in [0.5, 0.6) is 11.8 Å². The lowest BCUT2D eigenvalue weighted by molar-refractivity contribution is 0.100. The fraction of sp³-hybridized carbons (Fsp3) is 0.421. The van der Waals surface area contributed by atoms with E-state index in [1.54, 1.807) is 12.1 Å². The first-order chi connectivity index (χ1) is 13.8. The van der Waals surface area contributed by atoms with Crippen LogP contribution in [0.3, 0.4) is 0 Å². The molecule has 9 nitrogen and oxygen atoms in total. The van der Waals surface area contributed by atoms with Crippen molar-refractivity contribution in [2.45, 2.75) is 38.8 Å². The summed E-state index contributed by atoms with van der Waals surface area (Å²) in [7, 11) is 2.92. The Morgan fingerprint density at radius 1 is 1.17 bits per heavy atom. The van der Waals surface area contributed by atoms with Gasteiger partial charge in [0.1, 0.15) is 5.82 Å². The SMILES string of the molecule is CCC[C@@H](Nc1nc(Nc2cc(OC)nc(OC)c2)c(C(N)=O)cc1F)[C@H](C)N. The number of amides is 1. The maximum absolute atomic E-state index is 14.6. The molecule has 2 heterocycles. The molecule has 0 aromatic carbocycles. The van der Waals surface area contributed by atoms with Crippen LogP contribution in [0.1, 0.15) is 37.0 Å². The van der Waals surface area contributed by atoms with E-state index in [2.05, 4.69) is 20.6 Å². The highest BCUT2D eigenvalue weighted by atomic mass is 19.1. The molecule has 2 aromatic heterocycles. The van der Waals surface area contributed by atoms with Crippen molar-refractivity contribution in [2.24, 2.45) is 11.5 Å². The first-order valence-corrected chi connectivity index (χ1v) is 9.18. The molecule has 0 fully saturated rings. The Balaban J connectivity index is 2.45. The van der Waals surface area contributed by atoms with E-state index in [0.717, 1.165) is 18.9 Å². The molecule has 0 bridgehead atoms. The number of aromatic nitrogens is 2. The smallest absolute Gasteiger partial charge is 0.252 e. The third kappa shape index (κ3) is 5.67. The number of pyridine rings is 2. The number of nitrogens with two attached hydrogens (primary N) is 2. The first kappa shape index (κ1) is 22.2. The van der Waals surface area contributed by atoms with Gasteiger partial charge in [-0.2, -0.15) is 4.98 Å². The first-order valence-electron chi connectivity index (χ1n) is 9.18. The number of nitrogens with zero attached hydrogens (tertiary/aromatic N) is 2. The monoisotopic (exact) mass is 406 g/mol. The van der Waals surface area contributed by atoms with E-state index >= 15 is 0 Å². The van der Waals surface area contributed by atoms with E-state index in [9.17, 15) is 9.18 Å². The summed E-state index contributed by atoms with van der Waals surface area (Å²) >= 11 is 0. The average Bonchev–Trinajstić information content (AvgIpc) is 2.68. The van der Waals surface area contributed by atoms with Crippen molar-refractivity contribution in [1.82, 2.24) is 9.97 Å². The fourth-order valence-corrected chi connectivity index (χ4v) is 2.73. The lowest BCUT2D eigenvalue weighted by Crippen LogP contribution is -2.38. The Hall–Kier alpha value is -3.14. The average molecular weight is 406 g/mol. The minimum absolute atomic E-state index is 0.0266. The topological polar surface area (TPSA) is 137 Å². The third-order valence-corrected chi connectivity index (χ3v) is 4.26. The van der Waals surface area contributed by atoms with E-state index in [1.165, 1.54) is 14.2 Å². The van der Waals surface area contributed by atoms with Crippen LogP contribution in [0, 0.1) is 5.82 Å².